The normalized spacial score (nSPS) is 20.4. The number of amides is 1. The number of ketones is 1. The Hall–Kier alpha value is -2.02. The largest absolute Gasteiger partial charge is 0.316 e. The first-order chi connectivity index (χ1) is 16.2. The summed E-state index contributed by atoms with van der Waals surface area (Å²) in [5.74, 6) is 0.0354. The fraction of sp³-hybridized carbons (Fsp3) is 0.556. The summed E-state index contributed by atoms with van der Waals surface area (Å²) in [4.78, 5) is 32.6. The van der Waals surface area contributed by atoms with Gasteiger partial charge in [-0.2, -0.15) is 0 Å². The van der Waals surface area contributed by atoms with Crippen LogP contribution in [-0.2, 0) is 17.6 Å². The third-order valence-electron chi connectivity index (χ3n) is 7.55. The number of aryl methyl sites for hydroxylation is 1. The molecule has 2 heterocycles. The molecule has 176 valence electrons. The SMILES string of the molecule is O=C(CN1CCN(C2CCCCC2)CC1)Nc1sc2c(c1C(=O)c1ccccc1)CCCC2. The molecule has 0 unspecified atom stereocenters. The maximum atomic E-state index is 13.4. The second-order valence-corrected chi connectivity index (χ2v) is 10.9. The highest BCUT2D eigenvalue weighted by Gasteiger charge is 2.29. The first-order valence-electron chi connectivity index (χ1n) is 12.7. The maximum absolute atomic E-state index is 13.4. The molecule has 1 saturated carbocycles. The van der Waals surface area contributed by atoms with E-state index in [-0.39, 0.29) is 11.7 Å². The topological polar surface area (TPSA) is 52.7 Å². The fourth-order valence-corrected chi connectivity index (χ4v) is 7.03. The van der Waals surface area contributed by atoms with E-state index in [1.54, 1.807) is 11.3 Å². The van der Waals surface area contributed by atoms with Gasteiger partial charge in [0.2, 0.25) is 5.91 Å². The van der Waals surface area contributed by atoms with Gasteiger partial charge in [-0.15, -0.1) is 11.3 Å². The highest BCUT2D eigenvalue weighted by atomic mass is 32.1. The van der Waals surface area contributed by atoms with Crippen LogP contribution in [0, 0.1) is 0 Å². The van der Waals surface area contributed by atoms with Crippen molar-refractivity contribution in [1.82, 2.24) is 9.80 Å². The monoisotopic (exact) mass is 465 g/mol. The average molecular weight is 466 g/mol. The van der Waals surface area contributed by atoms with E-state index >= 15 is 0 Å². The lowest BCUT2D eigenvalue weighted by Crippen LogP contribution is -2.52. The lowest BCUT2D eigenvalue weighted by molar-refractivity contribution is -0.117. The van der Waals surface area contributed by atoms with E-state index < -0.39 is 0 Å². The molecular formula is C27H35N3O2S. The van der Waals surface area contributed by atoms with Crippen LogP contribution in [-0.4, -0.2) is 60.3 Å². The van der Waals surface area contributed by atoms with E-state index in [2.05, 4.69) is 15.1 Å². The molecule has 0 spiro atoms. The van der Waals surface area contributed by atoms with Crippen LogP contribution in [0.5, 0.6) is 0 Å². The van der Waals surface area contributed by atoms with Crippen molar-refractivity contribution < 1.29 is 9.59 Å². The van der Waals surface area contributed by atoms with Gasteiger partial charge in [0.15, 0.2) is 5.78 Å². The van der Waals surface area contributed by atoms with E-state index in [0.29, 0.717) is 12.1 Å². The van der Waals surface area contributed by atoms with Crippen LogP contribution in [0.4, 0.5) is 5.00 Å². The molecule has 6 heteroatoms. The number of rotatable bonds is 6. The molecule has 2 aromatic rings. The Morgan fingerprint density at radius 3 is 2.39 bits per heavy atom. The van der Waals surface area contributed by atoms with Crippen LogP contribution < -0.4 is 5.32 Å². The van der Waals surface area contributed by atoms with Gasteiger partial charge in [-0.05, 0) is 44.1 Å². The predicted octanol–water partition coefficient (Wildman–Crippen LogP) is 4.75. The number of carbonyl (C=O) groups excluding carboxylic acids is 2. The van der Waals surface area contributed by atoms with Gasteiger partial charge in [-0.25, -0.2) is 0 Å². The molecule has 1 aliphatic heterocycles. The van der Waals surface area contributed by atoms with Crippen LogP contribution in [0.1, 0.15) is 71.3 Å². The lowest BCUT2D eigenvalue weighted by Gasteiger charge is -2.40. The Morgan fingerprint density at radius 2 is 1.64 bits per heavy atom. The summed E-state index contributed by atoms with van der Waals surface area (Å²) in [6, 6.07) is 10.2. The smallest absolute Gasteiger partial charge is 0.239 e. The Morgan fingerprint density at radius 1 is 0.909 bits per heavy atom. The van der Waals surface area contributed by atoms with Gasteiger partial charge >= 0.3 is 0 Å². The summed E-state index contributed by atoms with van der Waals surface area (Å²) in [6.07, 6.45) is 11.0. The molecule has 2 aliphatic carbocycles. The number of nitrogens with zero attached hydrogens (tertiary/aromatic N) is 2. The molecule has 0 atom stereocenters. The number of thiophene rings is 1. The van der Waals surface area contributed by atoms with Crippen molar-refractivity contribution >= 4 is 28.0 Å². The minimum Gasteiger partial charge on any atom is -0.316 e. The van der Waals surface area contributed by atoms with Gasteiger partial charge in [0.1, 0.15) is 5.00 Å². The number of hydrogen-bond donors (Lipinski definition) is 1. The lowest BCUT2D eigenvalue weighted by atomic mass is 9.92. The second kappa shape index (κ2) is 10.5. The van der Waals surface area contributed by atoms with Crippen LogP contribution in [0.2, 0.25) is 0 Å². The quantitative estimate of drug-likeness (QED) is 0.626. The predicted molar refractivity (Wildman–Crippen MR) is 134 cm³/mol. The molecule has 1 aromatic heterocycles. The highest BCUT2D eigenvalue weighted by Crippen LogP contribution is 2.39. The summed E-state index contributed by atoms with van der Waals surface area (Å²) in [6.45, 7) is 4.41. The third kappa shape index (κ3) is 5.23. The van der Waals surface area contributed by atoms with Crippen molar-refractivity contribution in [2.45, 2.75) is 63.8 Å². The van der Waals surface area contributed by atoms with Crippen molar-refractivity contribution in [3.63, 3.8) is 0 Å². The van der Waals surface area contributed by atoms with E-state index in [0.717, 1.165) is 74.0 Å². The Kier molecular flexibility index (Phi) is 7.24. The first-order valence-corrected chi connectivity index (χ1v) is 13.5. The van der Waals surface area contributed by atoms with E-state index in [1.807, 2.05) is 30.3 Å². The van der Waals surface area contributed by atoms with Crippen molar-refractivity contribution in [3.05, 3.63) is 51.9 Å². The number of piperazine rings is 1. The fourth-order valence-electron chi connectivity index (χ4n) is 5.73. The molecule has 5 nitrogen and oxygen atoms in total. The molecule has 1 N–H and O–H groups in total. The molecule has 0 radical (unpaired) electrons. The molecule has 33 heavy (non-hydrogen) atoms. The molecule has 5 rings (SSSR count). The third-order valence-corrected chi connectivity index (χ3v) is 8.76. The number of hydrogen-bond acceptors (Lipinski definition) is 5. The zero-order valence-electron chi connectivity index (χ0n) is 19.5. The van der Waals surface area contributed by atoms with Gasteiger partial charge in [-0.1, -0.05) is 49.6 Å². The maximum Gasteiger partial charge on any atom is 0.239 e. The summed E-state index contributed by atoms with van der Waals surface area (Å²) in [5, 5.41) is 3.90. The van der Waals surface area contributed by atoms with Crippen LogP contribution in [0.25, 0.3) is 0 Å². The molecule has 1 aromatic carbocycles. The van der Waals surface area contributed by atoms with Crippen molar-refractivity contribution in [2.75, 3.05) is 38.0 Å². The van der Waals surface area contributed by atoms with Crippen molar-refractivity contribution in [1.29, 1.82) is 0 Å². The number of benzene rings is 1. The van der Waals surface area contributed by atoms with Crippen LogP contribution >= 0.6 is 11.3 Å². The van der Waals surface area contributed by atoms with E-state index in [4.69, 9.17) is 0 Å². The zero-order chi connectivity index (χ0) is 22.6. The summed E-state index contributed by atoms with van der Waals surface area (Å²) >= 11 is 1.61. The Bertz CT molecular complexity index is 973. The van der Waals surface area contributed by atoms with Gasteiger partial charge in [-0.3, -0.25) is 19.4 Å². The molecule has 2 fully saturated rings. The Labute approximate surface area is 201 Å². The van der Waals surface area contributed by atoms with Gasteiger partial charge < -0.3 is 5.32 Å². The molecule has 3 aliphatic rings. The number of nitrogens with one attached hydrogen (secondary N) is 1. The average Bonchev–Trinajstić information content (AvgIpc) is 3.22. The van der Waals surface area contributed by atoms with Crippen LogP contribution in [0.3, 0.4) is 0 Å². The number of fused-ring (bicyclic) bond motifs is 1. The molecule has 1 saturated heterocycles. The van der Waals surface area contributed by atoms with E-state index in [9.17, 15) is 9.59 Å². The minimum atomic E-state index is 0.00169. The second-order valence-electron chi connectivity index (χ2n) is 9.76. The summed E-state index contributed by atoms with van der Waals surface area (Å²) in [7, 11) is 0. The van der Waals surface area contributed by atoms with Crippen molar-refractivity contribution in [3.8, 4) is 0 Å². The first kappa shape index (κ1) is 22.8. The van der Waals surface area contributed by atoms with Gasteiger partial charge in [0.05, 0.1) is 12.1 Å². The summed E-state index contributed by atoms with van der Waals surface area (Å²) < 4.78 is 0. The number of carbonyl (C=O) groups is 2. The molecular weight excluding hydrogens is 430 g/mol. The van der Waals surface area contributed by atoms with Gasteiger partial charge in [0, 0.05) is 42.7 Å². The van der Waals surface area contributed by atoms with E-state index in [1.165, 1.54) is 37.0 Å². The van der Waals surface area contributed by atoms with Crippen LogP contribution in [0.15, 0.2) is 30.3 Å². The molecule has 0 bridgehead atoms. The summed E-state index contributed by atoms with van der Waals surface area (Å²) in [5.41, 5.74) is 2.59. The number of anilines is 1. The van der Waals surface area contributed by atoms with Crippen molar-refractivity contribution in [2.24, 2.45) is 0 Å². The standard InChI is InChI=1S/C27H35N3O2S/c31-24(19-29-15-17-30(18-16-29)21-11-5-2-6-12-21)28-27-25(22-13-7-8-14-23(22)33-27)26(32)20-9-3-1-4-10-20/h1,3-4,9-10,21H,2,5-8,11-19H2,(H,28,31). The highest BCUT2D eigenvalue weighted by molar-refractivity contribution is 7.17. The Balaban J connectivity index is 1.24. The van der Waals surface area contributed by atoms with Gasteiger partial charge in [0.25, 0.3) is 0 Å². The minimum absolute atomic E-state index is 0.00169. The zero-order valence-corrected chi connectivity index (χ0v) is 20.3. The molecule has 1 amide bonds.